The Morgan fingerprint density at radius 1 is 1.10 bits per heavy atom. The van der Waals surface area contributed by atoms with Gasteiger partial charge in [0, 0.05) is 29.6 Å². The van der Waals surface area contributed by atoms with Gasteiger partial charge in [-0.3, -0.25) is 9.36 Å². The van der Waals surface area contributed by atoms with Crippen molar-refractivity contribution in [3.63, 3.8) is 0 Å². The Bertz CT molecular complexity index is 1450. The van der Waals surface area contributed by atoms with Crippen LogP contribution in [-0.2, 0) is 29.4 Å². The van der Waals surface area contributed by atoms with Gasteiger partial charge < -0.3 is 5.32 Å². The molecule has 204 valence electrons. The van der Waals surface area contributed by atoms with E-state index in [1.54, 1.807) is 18.3 Å². The third-order valence-corrected chi connectivity index (χ3v) is 7.68. The Kier molecular flexibility index (Phi) is 8.60. The van der Waals surface area contributed by atoms with Crippen LogP contribution in [0.1, 0.15) is 42.3 Å². The molecule has 0 aliphatic heterocycles. The second-order valence-electron chi connectivity index (χ2n) is 9.88. The molecule has 0 aliphatic rings. The van der Waals surface area contributed by atoms with E-state index in [1.807, 2.05) is 16.7 Å². The molecule has 0 saturated carbocycles. The average molecular weight is 572 g/mol. The van der Waals surface area contributed by atoms with Crippen molar-refractivity contribution < 1.29 is 18.0 Å². The number of amides is 1. The summed E-state index contributed by atoms with van der Waals surface area (Å²) in [6, 6.07) is 13.4. The highest BCUT2D eigenvalue weighted by Crippen LogP contribution is 2.31. The Morgan fingerprint density at radius 2 is 1.85 bits per heavy atom. The van der Waals surface area contributed by atoms with Crippen LogP contribution < -0.4 is 5.32 Å². The van der Waals surface area contributed by atoms with Gasteiger partial charge in [0.05, 0.1) is 11.3 Å². The molecule has 0 atom stereocenters. The second-order valence-corrected chi connectivity index (χ2v) is 11.9. The predicted molar refractivity (Wildman–Crippen MR) is 150 cm³/mol. The van der Waals surface area contributed by atoms with Crippen LogP contribution in [0.15, 0.2) is 72.5 Å². The standard InChI is InChI=1S/C28H28F3N5OS2/c1-5-13-36-24(19-9-11-20(12-10-19)27(2,3)4)34-35-26(36)38-17-23(37)33-25-32-16-22(39-25)15-18-7-6-8-21(14-18)28(29,30)31/h5-12,14,16H,1,13,15,17H2,2-4H3,(H,32,33,37). The lowest BCUT2D eigenvalue weighted by Crippen LogP contribution is -2.14. The lowest BCUT2D eigenvalue weighted by molar-refractivity contribution is -0.137. The van der Waals surface area contributed by atoms with E-state index in [1.165, 1.54) is 34.7 Å². The number of nitrogens with one attached hydrogen (secondary N) is 1. The molecule has 4 aromatic rings. The summed E-state index contributed by atoms with van der Waals surface area (Å²) in [6.45, 7) is 10.8. The van der Waals surface area contributed by atoms with Crippen molar-refractivity contribution in [2.45, 2.75) is 50.5 Å². The molecule has 2 heterocycles. The topological polar surface area (TPSA) is 72.7 Å². The van der Waals surface area contributed by atoms with Gasteiger partial charge in [-0.15, -0.1) is 28.1 Å². The first-order valence-electron chi connectivity index (χ1n) is 12.1. The van der Waals surface area contributed by atoms with E-state index in [4.69, 9.17) is 0 Å². The monoisotopic (exact) mass is 571 g/mol. The number of thiazole rings is 1. The molecule has 0 bridgehead atoms. The lowest BCUT2D eigenvalue weighted by Gasteiger charge is -2.19. The number of allylic oxidation sites excluding steroid dienone is 1. The van der Waals surface area contributed by atoms with Crippen molar-refractivity contribution in [3.05, 3.63) is 89.0 Å². The summed E-state index contributed by atoms with van der Waals surface area (Å²) in [5.41, 5.74) is 2.01. The molecule has 1 N–H and O–H groups in total. The smallest absolute Gasteiger partial charge is 0.301 e. The molecular weight excluding hydrogens is 543 g/mol. The van der Waals surface area contributed by atoms with Gasteiger partial charge in [0.2, 0.25) is 5.91 Å². The van der Waals surface area contributed by atoms with Crippen LogP contribution in [0.3, 0.4) is 0 Å². The Balaban J connectivity index is 1.38. The van der Waals surface area contributed by atoms with Gasteiger partial charge in [-0.25, -0.2) is 4.98 Å². The van der Waals surface area contributed by atoms with Crippen LogP contribution >= 0.6 is 23.1 Å². The molecular formula is C28H28F3N5OS2. The van der Waals surface area contributed by atoms with Crippen LogP contribution in [0, 0.1) is 0 Å². The van der Waals surface area contributed by atoms with Crippen molar-refractivity contribution >= 4 is 34.1 Å². The van der Waals surface area contributed by atoms with Crippen LogP contribution in [0.2, 0.25) is 0 Å². The van der Waals surface area contributed by atoms with Crippen LogP contribution in [0.25, 0.3) is 11.4 Å². The van der Waals surface area contributed by atoms with Crippen LogP contribution in [0.4, 0.5) is 18.3 Å². The van der Waals surface area contributed by atoms with E-state index < -0.39 is 11.7 Å². The second kappa shape index (κ2) is 11.7. The maximum atomic E-state index is 13.0. The van der Waals surface area contributed by atoms with Gasteiger partial charge in [-0.1, -0.05) is 81.1 Å². The highest BCUT2D eigenvalue weighted by Gasteiger charge is 2.30. The van der Waals surface area contributed by atoms with Gasteiger partial charge in [0.25, 0.3) is 0 Å². The minimum Gasteiger partial charge on any atom is -0.301 e. The molecule has 39 heavy (non-hydrogen) atoms. The Hall–Kier alpha value is -3.44. The number of carbonyl (C=O) groups excluding carboxylic acids is 1. The number of alkyl halides is 3. The maximum Gasteiger partial charge on any atom is 0.416 e. The number of thioether (sulfide) groups is 1. The molecule has 0 aliphatic carbocycles. The molecule has 6 nitrogen and oxygen atoms in total. The van der Waals surface area contributed by atoms with E-state index >= 15 is 0 Å². The average Bonchev–Trinajstić information content (AvgIpc) is 3.48. The summed E-state index contributed by atoms with van der Waals surface area (Å²) in [4.78, 5) is 17.6. The van der Waals surface area contributed by atoms with Gasteiger partial charge >= 0.3 is 6.18 Å². The number of carbonyl (C=O) groups is 1. The molecule has 1 amide bonds. The first-order chi connectivity index (χ1) is 18.4. The third-order valence-electron chi connectivity index (χ3n) is 5.80. The number of hydrogen-bond acceptors (Lipinski definition) is 6. The maximum absolute atomic E-state index is 13.0. The zero-order valence-corrected chi connectivity index (χ0v) is 23.4. The van der Waals surface area contributed by atoms with Gasteiger partial charge in [0.15, 0.2) is 16.1 Å². The zero-order chi connectivity index (χ0) is 28.2. The molecule has 0 spiro atoms. The number of nitrogens with zero attached hydrogens (tertiary/aromatic N) is 4. The molecule has 0 fully saturated rings. The number of hydrogen-bond donors (Lipinski definition) is 1. The number of aromatic nitrogens is 4. The highest BCUT2D eigenvalue weighted by molar-refractivity contribution is 7.99. The van der Waals surface area contributed by atoms with Crippen LogP contribution in [0.5, 0.6) is 0 Å². The largest absolute Gasteiger partial charge is 0.416 e. The quantitative estimate of drug-likeness (QED) is 0.170. The lowest BCUT2D eigenvalue weighted by atomic mass is 9.87. The van der Waals surface area contributed by atoms with Gasteiger partial charge in [-0.05, 0) is 22.6 Å². The summed E-state index contributed by atoms with van der Waals surface area (Å²) < 4.78 is 40.9. The first kappa shape index (κ1) is 28.6. The summed E-state index contributed by atoms with van der Waals surface area (Å²) in [5.74, 6) is 0.502. The molecule has 2 aromatic heterocycles. The van der Waals surface area contributed by atoms with Crippen molar-refractivity contribution in [2.24, 2.45) is 0 Å². The Morgan fingerprint density at radius 3 is 2.51 bits per heavy atom. The Labute approximate surface area is 233 Å². The van der Waals surface area contributed by atoms with Crippen molar-refractivity contribution in [1.29, 1.82) is 0 Å². The molecule has 11 heteroatoms. The normalized spacial score (nSPS) is 11.9. The summed E-state index contributed by atoms with van der Waals surface area (Å²) >= 11 is 2.48. The fourth-order valence-electron chi connectivity index (χ4n) is 3.81. The highest BCUT2D eigenvalue weighted by atomic mass is 32.2. The van der Waals surface area contributed by atoms with Gasteiger partial charge in [-0.2, -0.15) is 13.2 Å². The minimum absolute atomic E-state index is 0.0398. The summed E-state index contributed by atoms with van der Waals surface area (Å²) in [7, 11) is 0. The molecule has 2 aromatic carbocycles. The zero-order valence-electron chi connectivity index (χ0n) is 21.7. The molecule has 0 radical (unpaired) electrons. The molecule has 4 rings (SSSR count). The van der Waals surface area contributed by atoms with Crippen molar-refractivity contribution in [2.75, 3.05) is 11.1 Å². The predicted octanol–water partition coefficient (Wildman–Crippen LogP) is 7.23. The van der Waals surface area contributed by atoms with Crippen LogP contribution in [-0.4, -0.2) is 31.4 Å². The van der Waals surface area contributed by atoms with Gasteiger partial charge in [0.1, 0.15) is 0 Å². The van der Waals surface area contributed by atoms with Crippen molar-refractivity contribution in [3.8, 4) is 11.4 Å². The van der Waals surface area contributed by atoms with Crippen molar-refractivity contribution in [1.82, 2.24) is 19.7 Å². The summed E-state index contributed by atoms with van der Waals surface area (Å²) in [6.07, 6.45) is -0.794. The fourth-order valence-corrected chi connectivity index (χ4v) is 5.42. The number of halogens is 3. The van der Waals surface area contributed by atoms with E-state index in [-0.39, 0.29) is 23.5 Å². The number of anilines is 1. The summed E-state index contributed by atoms with van der Waals surface area (Å²) in [5, 5.41) is 12.4. The van der Waals surface area contributed by atoms with E-state index in [0.717, 1.165) is 22.6 Å². The fraction of sp³-hybridized carbons (Fsp3) is 0.286. The molecule has 0 saturated heterocycles. The first-order valence-corrected chi connectivity index (χ1v) is 13.9. The van der Waals surface area contributed by atoms with E-state index in [0.29, 0.717) is 28.2 Å². The van der Waals surface area contributed by atoms with E-state index in [9.17, 15) is 18.0 Å². The molecule has 0 unspecified atom stereocenters. The SMILES string of the molecule is C=CCn1c(SCC(=O)Nc2ncc(Cc3cccc(C(F)(F)F)c3)s2)nnc1-c1ccc(C(C)(C)C)cc1. The van der Waals surface area contributed by atoms with E-state index in [2.05, 4.69) is 60.0 Å². The number of rotatable bonds is 9. The third kappa shape index (κ3) is 7.36. The number of benzene rings is 2. The minimum atomic E-state index is -4.39.